The second-order valence-corrected chi connectivity index (χ2v) is 6.46. The van der Waals surface area contributed by atoms with Crippen LogP contribution in [-0.2, 0) is 0 Å². The smallest absolute Gasteiger partial charge is 0.257 e. The highest BCUT2D eigenvalue weighted by Crippen LogP contribution is 2.43. The Morgan fingerprint density at radius 2 is 2.04 bits per heavy atom. The van der Waals surface area contributed by atoms with E-state index in [1.54, 1.807) is 6.07 Å². The maximum absolute atomic E-state index is 14.6. The van der Waals surface area contributed by atoms with Crippen molar-refractivity contribution in [3.05, 3.63) is 47.9 Å². The van der Waals surface area contributed by atoms with Gasteiger partial charge < -0.3 is 20.5 Å². The van der Waals surface area contributed by atoms with E-state index in [4.69, 9.17) is 0 Å². The van der Waals surface area contributed by atoms with Crippen LogP contribution < -0.4 is 10.6 Å². The number of amides is 1. The second kappa shape index (κ2) is 5.89. The summed E-state index contributed by atoms with van der Waals surface area (Å²) in [5.41, 5.74) is 3.47. The Hall–Kier alpha value is -2.86. The number of halogens is 1. The molecule has 3 N–H and O–H groups in total. The van der Waals surface area contributed by atoms with Gasteiger partial charge in [0.25, 0.3) is 5.91 Å². The molecule has 0 bridgehead atoms. The number of nitrogens with one attached hydrogen (secondary N) is 3. The van der Waals surface area contributed by atoms with Gasteiger partial charge in [0.15, 0.2) is 0 Å². The van der Waals surface area contributed by atoms with Gasteiger partial charge >= 0.3 is 0 Å². The first kappa shape index (κ1) is 15.7. The number of H-pyrrole nitrogens is 1. The molecule has 0 radical (unpaired) electrons. The molecule has 128 valence electrons. The zero-order chi connectivity index (χ0) is 17.6. The predicted octanol–water partition coefficient (Wildman–Crippen LogP) is 3.51. The quantitative estimate of drug-likeness (QED) is 0.667. The molecule has 0 fully saturated rings. The number of rotatable bonds is 5. The lowest BCUT2D eigenvalue weighted by molar-refractivity contribution is 0.103. The van der Waals surface area contributed by atoms with Crippen LogP contribution >= 0.6 is 0 Å². The molecule has 5 nitrogen and oxygen atoms in total. The standard InChI is InChI=1S/C19H19FN4O/c1-24(2)9-8-22-15-10-11(13-4-3-7-21-13)16-18-14(23-19(16)25)6-5-12(20)17(15)18/h3-7,10,21-22H,8-9H2,1-2H3,(H,23,25). The highest BCUT2D eigenvalue weighted by atomic mass is 19.1. The Kier molecular flexibility index (Phi) is 3.69. The fourth-order valence-electron chi connectivity index (χ4n) is 3.31. The van der Waals surface area contributed by atoms with Crippen molar-refractivity contribution in [3.8, 4) is 11.3 Å². The summed E-state index contributed by atoms with van der Waals surface area (Å²) in [5, 5.41) is 7.27. The largest absolute Gasteiger partial charge is 0.383 e. The number of likely N-dealkylation sites (N-methyl/N-ethyl adjacent to an activating group) is 1. The Balaban J connectivity index is 1.95. The number of aromatic nitrogens is 1. The van der Waals surface area contributed by atoms with Crippen molar-refractivity contribution in [2.45, 2.75) is 0 Å². The van der Waals surface area contributed by atoms with Crippen molar-refractivity contribution < 1.29 is 9.18 Å². The molecule has 0 saturated carbocycles. The predicted molar refractivity (Wildman–Crippen MR) is 98.7 cm³/mol. The lowest BCUT2D eigenvalue weighted by atomic mass is 9.96. The summed E-state index contributed by atoms with van der Waals surface area (Å²) < 4.78 is 14.6. The molecule has 6 heteroatoms. The van der Waals surface area contributed by atoms with E-state index in [9.17, 15) is 9.18 Å². The number of aromatic amines is 1. The normalized spacial score (nSPS) is 12.9. The van der Waals surface area contributed by atoms with E-state index in [-0.39, 0.29) is 11.7 Å². The maximum Gasteiger partial charge on any atom is 0.257 e. The molecule has 0 unspecified atom stereocenters. The minimum absolute atomic E-state index is 0.199. The van der Waals surface area contributed by atoms with Crippen LogP contribution in [0.25, 0.3) is 22.0 Å². The third-order valence-corrected chi connectivity index (χ3v) is 4.47. The lowest BCUT2D eigenvalue weighted by Gasteiger charge is -2.16. The summed E-state index contributed by atoms with van der Waals surface area (Å²) in [6.45, 7) is 1.50. The van der Waals surface area contributed by atoms with Gasteiger partial charge in [0.1, 0.15) is 5.82 Å². The summed E-state index contributed by atoms with van der Waals surface area (Å²) in [4.78, 5) is 17.7. The molecule has 25 heavy (non-hydrogen) atoms. The second-order valence-electron chi connectivity index (χ2n) is 6.46. The first-order valence-electron chi connectivity index (χ1n) is 8.19. The van der Waals surface area contributed by atoms with Crippen LogP contribution in [-0.4, -0.2) is 43.0 Å². The van der Waals surface area contributed by atoms with Crippen LogP contribution in [0.3, 0.4) is 0 Å². The number of carbonyl (C=O) groups is 1. The summed E-state index contributed by atoms with van der Waals surface area (Å²) in [6.07, 6.45) is 1.81. The summed E-state index contributed by atoms with van der Waals surface area (Å²) in [5.74, 6) is -0.531. The van der Waals surface area contributed by atoms with Crippen LogP contribution in [0, 0.1) is 5.82 Å². The van der Waals surface area contributed by atoms with Gasteiger partial charge in [-0.15, -0.1) is 0 Å². The number of carbonyl (C=O) groups excluding carboxylic acids is 1. The lowest BCUT2D eigenvalue weighted by Crippen LogP contribution is -2.21. The van der Waals surface area contributed by atoms with E-state index in [0.717, 1.165) is 17.8 Å². The van der Waals surface area contributed by atoms with E-state index < -0.39 is 0 Å². The van der Waals surface area contributed by atoms with Crippen LogP contribution in [0.15, 0.2) is 36.5 Å². The molecule has 1 amide bonds. The minimum atomic E-state index is -0.332. The van der Waals surface area contributed by atoms with Crippen molar-refractivity contribution in [1.82, 2.24) is 9.88 Å². The molecular weight excluding hydrogens is 319 g/mol. The molecule has 1 aliphatic rings. The van der Waals surface area contributed by atoms with Gasteiger partial charge in [-0.3, -0.25) is 4.79 Å². The van der Waals surface area contributed by atoms with E-state index in [1.165, 1.54) is 6.07 Å². The molecule has 2 aromatic carbocycles. The third-order valence-electron chi connectivity index (χ3n) is 4.47. The third kappa shape index (κ3) is 2.55. The fraction of sp³-hybridized carbons (Fsp3) is 0.211. The maximum atomic E-state index is 14.6. The molecule has 1 aliphatic heterocycles. The number of nitrogens with zero attached hydrogens (tertiary/aromatic N) is 1. The summed E-state index contributed by atoms with van der Waals surface area (Å²) in [6, 6.07) is 8.67. The van der Waals surface area contributed by atoms with Crippen LogP contribution in [0.4, 0.5) is 15.8 Å². The molecule has 4 rings (SSSR count). The number of anilines is 2. The van der Waals surface area contributed by atoms with Gasteiger partial charge in [-0.05, 0) is 44.4 Å². The topological polar surface area (TPSA) is 60.2 Å². The van der Waals surface area contributed by atoms with Gasteiger partial charge in [-0.1, -0.05) is 0 Å². The van der Waals surface area contributed by atoms with E-state index >= 15 is 0 Å². The number of benzene rings is 2. The Labute approximate surface area is 144 Å². The fourth-order valence-corrected chi connectivity index (χ4v) is 3.31. The van der Waals surface area contributed by atoms with Gasteiger partial charge in [0.2, 0.25) is 0 Å². The molecule has 0 aliphatic carbocycles. The van der Waals surface area contributed by atoms with Crippen LogP contribution in [0.2, 0.25) is 0 Å². The minimum Gasteiger partial charge on any atom is -0.383 e. The van der Waals surface area contributed by atoms with Crippen molar-refractivity contribution >= 4 is 28.1 Å². The summed E-state index contributed by atoms with van der Waals surface area (Å²) in [7, 11) is 3.98. The molecule has 2 heterocycles. The van der Waals surface area contributed by atoms with Crippen molar-refractivity contribution in [2.24, 2.45) is 0 Å². The average Bonchev–Trinajstić information content (AvgIpc) is 3.20. The number of hydrogen-bond acceptors (Lipinski definition) is 3. The van der Waals surface area contributed by atoms with Gasteiger partial charge in [0, 0.05) is 52.7 Å². The van der Waals surface area contributed by atoms with Gasteiger partial charge in [0.05, 0.1) is 5.56 Å². The monoisotopic (exact) mass is 338 g/mol. The van der Waals surface area contributed by atoms with Crippen molar-refractivity contribution in [2.75, 3.05) is 37.8 Å². The Morgan fingerprint density at radius 3 is 2.76 bits per heavy atom. The highest BCUT2D eigenvalue weighted by molar-refractivity contribution is 6.28. The highest BCUT2D eigenvalue weighted by Gasteiger charge is 2.29. The first-order chi connectivity index (χ1) is 12.1. The van der Waals surface area contributed by atoms with Crippen LogP contribution in [0.1, 0.15) is 10.4 Å². The molecule has 1 aromatic heterocycles. The molecule has 0 saturated heterocycles. The molecule has 0 spiro atoms. The average molecular weight is 338 g/mol. The van der Waals surface area contributed by atoms with Gasteiger partial charge in [-0.25, -0.2) is 4.39 Å². The Bertz CT molecular complexity index is 963. The van der Waals surface area contributed by atoms with E-state index in [1.807, 2.05) is 38.5 Å². The summed E-state index contributed by atoms with van der Waals surface area (Å²) >= 11 is 0. The van der Waals surface area contributed by atoms with Gasteiger partial charge in [-0.2, -0.15) is 0 Å². The molecular formula is C19H19FN4O. The number of hydrogen-bond donors (Lipinski definition) is 3. The Morgan fingerprint density at radius 1 is 1.20 bits per heavy atom. The molecule has 3 aromatic rings. The zero-order valence-electron chi connectivity index (χ0n) is 14.1. The molecule has 0 atom stereocenters. The van der Waals surface area contributed by atoms with E-state index in [0.29, 0.717) is 34.3 Å². The first-order valence-corrected chi connectivity index (χ1v) is 8.19. The SMILES string of the molecule is CN(C)CCNc1cc(-c2ccc[nH]2)c2c3c(ccc(F)c13)NC2=O. The van der Waals surface area contributed by atoms with E-state index in [2.05, 4.69) is 20.5 Å². The van der Waals surface area contributed by atoms with Crippen molar-refractivity contribution in [1.29, 1.82) is 0 Å². The zero-order valence-corrected chi connectivity index (χ0v) is 14.1. The van der Waals surface area contributed by atoms with Crippen molar-refractivity contribution in [3.63, 3.8) is 0 Å². The van der Waals surface area contributed by atoms with Crippen LogP contribution in [0.5, 0.6) is 0 Å².